The quantitative estimate of drug-likeness (QED) is 0.769. The Morgan fingerprint density at radius 2 is 1.43 bits per heavy atom. The van der Waals surface area contributed by atoms with Gasteiger partial charge in [0, 0.05) is 13.1 Å². The average Bonchev–Trinajstić information content (AvgIpc) is 2.61. The Labute approximate surface area is 168 Å². The highest BCUT2D eigenvalue weighted by atomic mass is 32.2. The second-order valence-corrected chi connectivity index (χ2v) is 10.3. The van der Waals surface area contributed by atoms with E-state index in [9.17, 15) is 13.2 Å². The maximum Gasteiger partial charge on any atom is 0.243 e. The fourth-order valence-corrected chi connectivity index (χ4v) is 3.95. The van der Waals surface area contributed by atoms with Gasteiger partial charge in [-0.1, -0.05) is 68.3 Å². The average molecular weight is 403 g/mol. The molecule has 152 valence electrons. The van der Waals surface area contributed by atoms with E-state index in [1.165, 1.54) is 4.31 Å². The minimum Gasteiger partial charge on any atom is -0.354 e. The summed E-state index contributed by atoms with van der Waals surface area (Å²) in [5.41, 5.74) is 2.84. The summed E-state index contributed by atoms with van der Waals surface area (Å²) in [6.45, 7) is 10.3. The van der Waals surface area contributed by atoms with Gasteiger partial charge < -0.3 is 5.32 Å². The molecule has 1 N–H and O–H groups in total. The molecule has 0 bridgehead atoms. The molecule has 0 fully saturated rings. The van der Waals surface area contributed by atoms with Crippen LogP contribution in [0.25, 0.3) is 0 Å². The van der Waals surface area contributed by atoms with Crippen molar-refractivity contribution in [1.29, 1.82) is 0 Å². The third-order valence-electron chi connectivity index (χ3n) is 4.27. The van der Waals surface area contributed by atoms with E-state index in [0.717, 1.165) is 16.7 Å². The maximum atomic E-state index is 13.2. The molecule has 0 unspecified atom stereocenters. The minimum atomic E-state index is -3.80. The highest BCUT2D eigenvalue weighted by molar-refractivity contribution is 7.89. The highest BCUT2D eigenvalue weighted by Gasteiger charge is 2.27. The van der Waals surface area contributed by atoms with Crippen LogP contribution >= 0.6 is 0 Å². The minimum absolute atomic E-state index is 0.0761. The van der Waals surface area contributed by atoms with Crippen molar-refractivity contribution in [2.24, 2.45) is 5.41 Å². The zero-order valence-electron chi connectivity index (χ0n) is 17.3. The highest BCUT2D eigenvalue weighted by Crippen LogP contribution is 2.19. The van der Waals surface area contributed by atoms with E-state index in [0.29, 0.717) is 6.54 Å². The summed E-state index contributed by atoms with van der Waals surface area (Å²) < 4.78 is 27.6. The van der Waals surface area contributed by atoms with Crippen LogP contribution < -0.4 is 5.32 Å². The molecule has 1 amide bonds. The smallest absolute Gasteiger partial charge is 0.243 e. The Morgan fingerprint density at radius 1 is 0.929 bits per heavy atom. The van der Waals surface area contributed by atoms with Crippen molar-refractivity contribution >= 4 is 15.9 Å². The lowest BCUT2D eigenvalue weighted by Crippen LogP contribution is -2.42. The summed E-state index contributed by atoms with van der Waals surface area (Å²) in [6.07, 6.45) is 0. The first-order valence-electron chi connectivity index (χ1n) is 9.36. The Balaban J connectivity index is 2.28. The van der Waals surface area contributed by atoms with Crippen LogP contribution in [-0.2, 0) is 21.4 Å². The van der Waals surface area contributed by atoms with E-state index in [-0.39, 0.29) is 29.3 Å². The van der Waals surface area contributed by atoms with Crippen LogP contribution in [0.15, 0.2) is 53.4 Å². The molecule has 0 aliphatic rings. The number of nitrogens with zero attached hydrogens (tertiary/aromatic N) is 1. The van der Waals surface area contributed by atoms with E-state index in [1.807, 2.05) is 58.9 Å². The summed E-state index contributed by atoms with van der Waals surface area (Å²) in [5, 5.41) is 2.84. The van der Waals surface area contributed by atoms with Gasteiger partial charge in [-0.25, -0.2) is 8.42 Å². The van der Waals surface area contributed by atoms with E-state index < -0.39 is 10.0 Å². The van der Waals surface area contributed by atoms with Gasteiger partial charge in [0.2, 0.25) is 15.9 Å². The van der Waals surface area contributed by atoms with Crippen molar-refractivity contribution < 1.29 is 13.2 Å². The van der Waals surface area contributed by atoms with E-state index in [4.69, 9.17) is 0 Å². The first-order valence-corrected chi connectivity index (χ1v) is 10.8. The van der Waals surface area contributed by atoms with Crippen LogP contribution in [0.5, 0.6) is 0 Å². The molecule has 6 heteroatoms. The summed E-state index contributed by atoms with van der Waals surface area (Å²) in [7, 11) is -3.80. The van der Waals surface area contributed by atoms with Crippen LogP contribution in [0.4, 0.5) is 0 Å². The zero-order valence-corrected chi connectivity index (χ0v) is 18.1. The molecule has 0 aromatic heterocycles. The molecular formula is C22H30N2O3S. The zero-order chi connectivity index (χ0) is 20.9. The number of nitrogens with one attached hydrogen (secondary N) is 1. The van der Waals surface area contributed by atoms with Gasteiger partial charge in [0.15, 0.2) is 0 Å². The normalized spacial score (nSPS) is 12.2. The number of hydrogen-bond donors (Lipinski definition) is 1. The standard InChI is InChI=1S/C22H30N2O3S/c1-17-6-10-19(11-7-17)14-24(15-21(25)23-16-22(3,4)5)28(26,27)20-12-8-18(2)9-13-20/h6-13H,14-16H2,1-5H3,(H,23,25). The molecule has 0 radical (unpaired) electrons. The number of hydrogen-bond acceptors (Lipinski definition) is 3. The summed E-state index contributed by atoms with van der Waals surface area (Å²) in [6, 6.07) is 14.3. The van der Waals surface area contributed by atoms with Gasteiger partial charge in [-0.05, 0) is 37.0 Å². The number of benzene rings is 2. The maximum absolute atomic E-state index is 13.2. The Morgan fingerprint density at radius 3 is 1.93 bits per heavy atom. The van der Waals surface area contributed by atoms with Gasteiger partial charge in [-0.3, -0.25) is 4.79 Å². The molecule has 0 saturated heterocycles. The monoisotopic (exact) mass is 402 g/mol. The molecular weight excluding hydrogens is 372 g/mol. The van der Waals surface area contributed by atoms with Gasteiger partial charge in [-0.2, -0.15) is 4.31 Å². The molecule has 0 aliphatic carbocycles. The number of rotatable bonds is 7. The summed E-state index contributed by atoms with van der Waals surface area (Å²) in [4.78, 5) is 12.6. The largest absolute Gasteiger partial charge is 0.354 e. The van der Waals surface area contributed by atoms with Gasteiger partial charge >= 0.3 is 0 Å². The molecule has 5 nitrogen and oxygen atoms in total. The van der Waals surface area contributed by atoms with Gasteiger partial charge in [0.05, 0.1) is 11.4 Å². The summed E-state index contributed by atoms with van der Waals surface area (Å²) >= 11 is 0. The molecule has 0 heterocycles. The Hall–Kier alpha value is -2.18. The number of sulfonamides is 1. The van der Waals surface area contributed by atoms with Crippen molar-refractivity contribution in [3.8, 4) is 0 Å². The molecule has 2 rings (SSSR count). The van der Waals surface area contributed by atoms with E-state index in [2.05, 4.69) is 5.32 Å². The van der Waals surface area contributed by atoms with Crippen LogP contribution in [0, 0.1) is 19.3 Å². The number of carbonyl (C=O) groups is 1. The Kier molecular flexibility index (Phi) is 7.01. The molecule has 2 aromatic carbocycles. The summed E-state index contributed by atoms with van der Waals surface area (Å²) in [5.74, 6) is -0.308. The fraction of sp³-hybridized carbons (Fsp3) is 0.409. The lowest BCUT2D eigenvalue weighted by atomic mass is 9.97. The van der Waals surface area contributed by atoms with Crippen molar-refractivity contribution in [3.63, 3.8) is 0 Å². The lowest BCUT2D eigenvalue weighted by Gasteiger charge is -2.24. The van der Waals surface area contributed by atoms with Crippen LogP contribution in [0.1, 0.15) is 37.5 Å². The molecule has 0 atom stereocenters. The van der Waals surface area contributed by atoms with Gasteiger partial charge in [-0.15, -0.1) is 0 Å². The third kappa shape index (κ3) is 6.46. The van der Waals surface area contributed by atoms with Crippen molar-refractivity contribution in [1.82, 2.24) is 9.62 Å². The van der Waals surface area contributed by atoms with Crippen molar-refractivity contribution in [2.45, 2.75) is 46.1 Å². The number of carbonyl (C=O) groups excluding carboxylic acids is 1. The van der Waals surface area contributed by atoms with Crippen LogP contribution in [-0.4, -0.2) is 31.7 Å². The first-order chi connectivity index (χ1) is 13.0. The SMILES string of the molecule is Cc1ccc(CN(CC(=O)NCC(C)(C)C)S(=O)(=O)c2ccc(C)cc2)cc1. The number of aryl methyl sites for hydroxylation is 2. The molecule has 2 aromatic rings. The van der Waals surface area contributed by atoms with E-state index >= 15 is 0 Å². The van der Waals surface area contributed by atoms with Gasteiger partial charge in [0.25, 0.3) is 0 Å². The second kappa shape index (κ2) is 8.88. The predicted molar refractivity (Wildman–Crippen MR) is 112 cm³/mol. The lowest BCUT2D eigenvalue weighted by molar-refractivity contribution is -0.121. The molecule has 0 saturated carbocycles. The topological polar surface area (TPSA) is 66.5 Å². The predicted octanol–water partition coefficient (Wildman–Crippen LogP) is 3.66. The van der Waals surface area contributed by atoms with Crippen molar-refractivity contribution in [2.75, 3.05) is 13.1 Å². The fourth-order valence-electron chi connectivity index (χ4n) is 2.56. The number of amides is 1. The van der Waals surface area contributed by atoms with Crippen LogP contribution in [0.2, 0.25) is 0 Å². The van der Waals surface area contributed by atoms with Crippen LogP contribution in [0.3, 0.4) is 0 Å². The Bertz CT molecular complexity index is 896. The van der Waals surface area contributed by atoms with Gasteiger partial charge in [0.1, 0.15) is 0 Å². The van der Waals surface area contributed by atoms with Crippen molar-refractivity contribution in [3.05, 3.63) is 65.2 Å². The molecule has 0 spiro atoms. The molecule has 28 heavy (non-hydrogen) atoms. The van der Waals surface area contributed by atoms with E-state index in [1.54, 1.807) is 24.3 Å². The third-order valence-corrected chi connectivity index (χ3v) is 6.08. The first kappa shape index (κ1) is 22.1. The molecule has 0 aliphatic heterocycles. The second-order valence-electron chi connectivity index (χ2n) is 8.41.